The van der Waals surface area contributed by atoms with Crippen molar-refractivity contribution in [2.24, 2.45) is 5.11 Å². The molecule has 0 N–H and O–H groups in total. The molecule has 1 aromatic rings. The van der Waals surface area contributed by atoms with Gasteiger partial charge in [-0.1, -0.05) is 28.8 Å². The second kappa shape index (κ2) is 6.30. The highest BCUT2D eigenvalue weighted by atomic mass is 79.9. The van der Waals surface area contributed by atoms with Gasteiger partial charge in [0.25, 0.3) is 0 Å². The van der Waals surface area contributed by atoms with Crippen LogP contribution in [0, 0.1) is 0 Å². The lowest BCUT2D eigenvalue weighted by Crippen LogP contribution is -2.01. The smallest absolute Gasteiger partial charge is 0.340 e. The van der Waals surface area contributed by atoms with Crippen LogP contribution in [-0.2, 0) is 9.53 Å². The summed E-state index contributed by atoms with van der Waals surface area (Å²) in [5.41, 5.74) is 8.74. The largest absolute Gasteiger partial charge is 0.466 e. The van der Waals surface area contributed by atoms with Crippen LogP contribution in [-0.4, -0.2) is 13.1 Å². The molecule has 0 aliphatic heterocycles. The first-order chi connectivity index (χ1) is 8.10. The van der Waals surface area contributed by atoms with E-state index in [-0.39, 0.29) is 5.70 Å². The summed E-state index contributed by atoms with van der Waals surface area (Å²) in [4.78, 5) is 13.8. The summed E-state index contributed by atoms with van der Waals surface area (Å²) in [5.74, 6) is -0.723. The third kappa shape index (κ3) is 3.49. The lowest BCUT2D eigenvalue weighted by Gasteiger charge is -2.02. The molecule has 0 unspecified atom stereocenters. The van der Waals surface area contributed by atoms with E-state index in [0.29, 0.717) is 15.1 Å². The minimum Gasteiger partial charge on any atom is -0.466 e. The highest BCUT2D eigenvalue weighted by Crippen LogP contribution is 2.27. The van der Waals surface area contributed by atoms with Crippen LogP contribution in [0.15, 0.2) is 33.5 Å². The molecular weight excluding hydrogens is 309 g/mol. The third-order valence-corrected chi connectivity index (χ3v) is 3.13. The van der Waals surface area contributed by atoms with Crippen molar-refractivity contribution < 1.29 is 9.53 Å². The monoisotopic (exact) mass is 315 g/mol. The number of carbonyl (C=O) groups excluding carboxylic acids is 1. The average molecular weight is 317 g/mol. The Kier molecular flexibility index (Phi) is 5.03. The van der Waals surface area contributed by atoms with E-state index in [0.717, 1.165) is 0 Å². The molecule has 0 aromatic heterocycles. The molecule has 7 heteroatoms. The molecule has 0 amide bonds. The van der Waals surface area contributed by atoms with E-state index in [4.69, 9.17) is 17.1 Å². The molecule has 0 radical (unpaired) electrons. The highest BCUT2D eigenvalue weighted by molar-refractivity contribution is 9.10. The maximum atomic E-state index is 11.3. The zero-order valence-electron chi connectivity index (χ0n) is 8.72. The Morgan fingerprint density at radius 1 is 1.65 bits per heavy atom. The Morgan fingerprint density at radius 3 is 2.94 bits per heavy atom. The molecule has 0 aliphatic rings. The summed E-state index contributed by atoms with van der Waals surface area (Å²) in [7, 11) is 1.20. The van der Waals surface area contributed by atoms with E-state index >= 15 is 0 Å². The SMILES string of the molecule is COC(=O)/C(=C/c1cccc(Br)c1Cl)N=[N+]=[N-]. The van der Waals surface area contributed by atoms with Gasteiger partial charge >= 0.3 is 5.97 Å². The van der Waals surface area contributed by atoms with Gasteiger partial charge in [-0.2, -0.15) is 0 Å². The first-order valence-electron chi connectivity index (χ1n) is 4.39. The third-order valence-electron chi connectivity index (χ3n) is 1.82. The zero-order valence-corrected chi connectivity index (χ0v) is 11.1. The predicted octanol–water partition coefficient (Wildman–Crippen LogP) is 3.93. The van der Waals surface area contributed by atoms with Gasteiger partial charge in [0, 0.05) is 9.38 Å². The van der Waals surface area contributed by atoms with E-state index in [1.54, 1.807) is 18.2 Å². The predicted molar refractivity (Wildman–Crippen MR) is 68.3 cm³/mol. The van der Waals surface area contributed by atoms with Gasteiger partial charge in [-0.3, -0.25) is 0 Å². The van der Waals surface area contributed by atoms with Gasteiger partial charge in [0.15, 0.2) is 0 Å². The number of azide groups is 1. The second-order valence-corrected chi connectivity index (χ2v) is 4.09. The molecule has 0 aliphatic carbocycles. The minimum absolute atomic E-state index is 0.157. The van der Waals surface area contributed by atoms with Crippen molar-refractivity contribution in [3.05, 3.63) is 49.4 Å². The number of hydrogen-bond donors (Lipinski definition) is 0. The summed E-state index contributed by atoms with van der Waals surface area (Å²) < 4.78 is 5.16. The van der Waals surface area contributed by atoms with E-state index < -0.39 is 5.97 Å². The molecule has 88 valence electrons. The minimum atomic E-state index is -0.723. The van der Waals surface area contributed by atoms with Gasteiger partial charge in [-0.15, -0.1) is 0 Å². The molecule has 0 bridgehead atoms. The molecule has 5 nitrogen and oxygen atoms in total. The fourth-order valence-electron chi connectivity index (χ4n) is 1.06. The number of benzene rings is 1. The molecule has 1 aromatic carbocycles. The van der Waals surface area contributed by atoms with Gasteiger partial charge in [-0.05, 0) is 39.2 Å². The van der Waals surface area contributed by atoms with Gasteiger partial charge in [0.1, 0.15) is 5.70 Å². The van der Waals surface area contributed by atoms with Crippen molar-refractivity contribution in [1.82, 2.24) is 0 Å². The average Bonchev–Trinajstić information content (AvgIpc) is 2.33. The molecule has 1 rings (SSSR count). The Morgan fingerprint density at radius 2 is 2.35 bits per heavy atom. The van der Waals surface area contributed by atoms with Crippen molar-refractivity contribution in [1.29, 1.82) is 0 Å². The number of ether oxygens (including phenoxy) is 1. The summed E-state index contributed by atoms with van der Waals surface area (Å²) in [5, 5.41) is 3.67. The Bertz CT molecular complexity index is 524. The number of nitrogens with zero attached hydrogens (tertiary/aromatic N) is 3. The van der Waals surface area contributed by atoms with Crippen molar-refractivity contribution in [3.63, 3.8) is 0 Å². The second-order valence-electron chi connectivity index (χ2n) is 2.85. The van der Waals surface area contributed by atoms with Crippen LogP contribution in [0.3, 0.4) is 0 Å². The molecule has 0 fully saturated rings. The fraction of sp³-hybridized carbons (Fsp3) is 0.100. The lowest BCUT2D eigenvalue weighted by molar-refractivity contribution is -0.136. The van der Waals surface area contributed by atoms with Crippen LogP contribution in [0.25, 0.3) is 16.5 Å². The van der Waals surface area contributed by atoms with Crippen LogP contribution >= 0.6 is 27.5 Å². The first kappa shape index (κ1) is 13.6. The standard InChI is InChI=1S/C10H7BrClN3O2/c1-17-10(16)8(14-15-13)5-6-3-2-4-7(11)9(6)12/h2-5H,1H3/b8-5-. The maximum absolute atomic E-state index is 11.3. The Balaban J connectivity index is 3.26. The van der Waals surface area contributed by atoms with E-state index in [2.05, 4.69) is 30.7 Å². The topological polar surface area (TPSA) is 75.1 Å². The number of halogens is 2. The lowest BCUT2D eigenvalue weighted by atomic mass is 10.2. The van der Waals surface area contributed by atoms with Crippen LogP contribution in [0.4, 0.5) is 0 Å². The van der Waals surface area contributed by atoms with Crippen LogP contribution in [0.2, 0.25) is 5.02 Å². The summed E-state index contributed by atoms with van der Waals surface area (Å²) in [6, 6.07) is 5.18. The van der Waals surface area contributed by atoms with Gasteiger partial charge in [0.2, 0.25) is 0 Å². The van der Waals surface area contributed by atoms with Crippen molar-refractivity contribution >= 4 is 39.6 Å². The summed E-state index contributed by atoms with van der Waals surface area (Å²) in [6.45, 7) is 0. The Hall–Kier alpha value is -1.49. The fourth-order valence-corrected chi connectivity index (χ4v) is 1.62. The highest BCUT2D eigenvalue weighted by Gasteiger charge is 2.09. The Labute approximate surface area is 111 Å². The molecular formula is C10H7BrClN3O2. The molecule has 0 atom stereocenters. The maximum Gasteiger partial charge on any atom is 0.340 e. The number of hydrogen-bond acceptors (Lipinski definition) is 3. The summed E-state index contributed by atoms with van der Waals surface area (Å²) in [6.07, 6.45) is 1.36. The zero-order chi connectivity index (χ0) is 12.8. The first-order valence-corrected chi connectivity index (χ1v) is 5.56. The quantitative estimate of drug-likeness (QED) is 0.278. The van der Waals surface area contributed by atoms with Crippen molar-refractivity contribution in [2.75, 3.05) is 7.11 Å². The molecule has 0 heterocycles. The van der Waals surface area contributed by atoms with E-state index in [1.165, 1.54) is 13.2 Å². The number of esters is 1. The van der Waals surface area contributed by atoms with Gasteiger partial charge in [0.05, 0.1) is 12.1 Å². The summed E-state index contributed by atoms with van der Waals surface area (Å²) >= 11 is 9.26. The van der Waals surface area contributed by atoms with E-state index in [1.807, 2.05) is 0 Å². The number of methoxy groups -OCH3 is 1. The number of carbonyl (C=O) groups is 1. The van der Waals surface area contributed by atoms with Crippen LogP contribution in [0.5, 0.6) is 0 Å². The number of rotatable bonds is 3. The van der Waals surface area contributed by atoms with Crippen molar-refractivity contribution in [2.45, 2.75) is 0 Å². The normalized spacial score (nSPS) is 10.6. The van der Waals surface area contributed by atoms with Crippen molar-refractivity contribution in [3.8, 4) is 0 Å². The van der Waals surface area contributed by atoms with E-state index in [9.17, 15) is 4.79 Å². The van der Waals surface area contributed by atoms with Gasteiger partial charge in [-0.25, -0.2) is 4.79 Å². The van der Waals surface area contributed by atoms with Gasteiger partial charge < -0.3 is 4.74 Å². The van der Waals surface area contributed by atoms with Crippen LogP contribution in [0.1, 0.15) is 5.56 Å². The molecule has 0 saturated heterocycles. The molecule has 0 saturated carbocycles. The molecule has 0 spiro atoms. The van der Waals surface area contributed by atoms with Crippen LogP contribution < -0.4 is 0 Å². The molecule has 17 heavy (non-hydrogen) atoms.